The van der Waals surface area contributed by atoms with Crippen molar-refractivity contribution in [3.8, 4) is 0 Å². The first kappa shape index (κ1) is 11.5. The fourth-order valence-electron chi connectivity index (χ4n) is 1.20. The molecule has 0 aliphatic rings. The Morgan fingerprint density at radius 1 is 1.53 bits per heavy atom. The summed E-state index contributed by atoms with van der Waals surface area (Å²) in [7, 11) is 0. The van der Waals surface area contributed by atoms with Crippen molar-refractivity contribution in [1.82, 2.24) is 4.98 Å². The molecule has 0 unspecified atom stereocenters. The van der Waals surface area contributed by atoms with Crippen LogP contribution in [0.4, 0.5) is 5.82 Å². The van der Waals surface area contributed by atoms with Gasteiger partial charge in [0, 0.05) is 11.1 Å². The maximum atomic E-state index is 10.6. The van der Waals surface area contributed by atoms with E-state index in [1.54, 1.807) is 12.3 Å². The van der Waals surface area contributed by atoms with Gasteiger partial charge in [0.2, 0.25) is 0 Å². The maximum Gasteiger partial charge on any atom is 0.338 e. The number of pyridine rings is 1. The summed E-state index contributed by atoms with van der Waals surface area (Å²) in [6.45, 7) is 0. The number of carboxylic acid groups (broad SMARTS) is 1. The first-order chi connectivity index (χ1) is 8.15. The number of nitrogens with two attached hydrogens (primary N) is 1. The Balaban J connectivity index is 1.97. The smallest absolute Gasteiger partial charge is 0.338 e. The van der Waals surface area contributed by atoms with Crippen LogP contribution in [0.15, 0.2) is 40.0 Å². The molecule has 2 rings (SSSR count). The van der Waals surface area contributed by atoms with Gasteiger partial charge in [-0.2, -0.15) is 0 Å². The highest BCUT2D eigenvalue weighted by Gasteiger charge is 2.08. The van der Waals surface area contributed by atoms with Crippen molar-refractivity contribution >= 4 is 23.5 Å². The third-order valence-corrected chi connectivity index (χ3v) is 3.04. The molecule has 0 radical (unpaired) electrons. The van der Waals surface area contributed by atoms with Gasteiger partial charge in [-0.15, -0.1) is 11.8 Å². The largest absolute Gasteiger partial charge is 0.478 e. The van der Waals surface area contributed by atoms with Crippen LogP contribution in [0.25, 0.3) is 0 Å². The molecule has 0 aliphatic carbocycles. The van der Waals surface area contributed by atoms with Crippen molar-refractivity contribution in [2.24, 2.45) is 0 Å². The Labute approximate surface area is 102 Å². The van der Waals surface area contributed by atoms with Crippen LogP contribution >= 0.6 is 11.8 Å². The standard InChI is InChI=1S/C11H10N2O3S/c12-10-2-1-9(4-13-10)17-6-8-3-7(5-16-8)11(14)15/h1-5H,6H2,(H2,12,13)(H,14,15). The lowest BCUT2D eigenvalue weighted by Crippen LogP contribution is -1.91. The van der Waals surface area contributed by atoms with Gasteiger partial charge in [-0.05, 0) is 18.2 Å². The molecule has 3 N–H and O–H groups in total. The van der Waals surface area contributed by atoms with Crippen LogP contribution in [-0.2, 0) is 5.75 Å². The predicted molar refractivity (Wildman–Crippen MR) is 63.9 cm³/mol. The predicted octanol–water partition coefficient (Wildman–Crippen LogP) is 2.25. The third kappa shape index (κ3) is 3.01. The highest BCUT2D eigenvalue weighted by molar-refractivity contribution is 7.98. The number of hydrogen-bond acceptors (Lipinski definition) is 5. The molecule has 0 saturated carbocycles. The molecule has 0 bridgehead atoms. The van der Waals surface area contributed by atoms with E-state index in [4.69, 9.17) is 15.3 Å². The second kappa shape index (κ2) is 4.92. The minimum atomic E-state index is -0.987. The van der Waals surface area contributed by atoms with E-state index in [-0.39, 0.29) is 5.56 Å². The molecule has 0 saturated heterocycles. The molecule has 2 aromatic heterocycles. The fourth-order valence-corrected chi connectivity index (χ4v) is 1.95. The Morgan fingerprint density at radius 3 is 2.94 bits per heavy atom. The van der Waals surface area contributed by atoms with Crippen LogP contribution in [-0.4, -0.2) is 16.1 Å². The summed E-state index contributed by atoms with van der Waals surface area (Å²) < 4.78 is 5.12. The summed E-state index contributed by atoms with van der Waals surface area (Å²) in [5.41, 5.74) is 5.63. The number of carboxylic acids is 1. The summed E-state index contributed by atoms with van der Waals surface area (Å²) in [6, 6.07) is 5.08. The maximum absolute atomic E-state index is 10.6. The lowest BCUT2D eigenvalue weighted by Gasteiger charge is -1.98. The average molecular weight is 250 g/mol. The zero-order chi connectivity index (χ0) is 12.3. The van der Waals surface area contributed by atoms with Crippen molar-refractivity contribution in [1.29, 1.82) is 0 Å². The van der Waals surface area contributed by atoms with Crippen LogP contribution in [0.2, 0.25) is 0 Å². The number of anilines is 1. The van der Waals surface area contributed by atoms with Gasteiger partial charge in [-0.1, -0.05) is 0 Å². The first-order valence-electron chi connectivity index (χ1n) is 4.80. The second-order valence-electron chi connectivity index (χ2n) is 3.31. The molecule has 0 atom stereocenters. The number of nitrogens with zero attached hydrogens (tertiary/aromatic N) is 1. The monoisotopic (exact) mass is 250 g/mol. The number of carbonyl (C=O) groups is 1. The lowest BCUT2D eigenvalue weighted by atomic mass is 10.3. The minimum absolute atomic E-state index is 0.163. The van der Waals surface area contributed by atoms with Crippen LogP contribution in [0.1, 0.15) is 16.1 Å². The zero-order valence-corrected chi connectivity index (χ0v) is 9.61. The molecule has 88 valence electrons. The van der Waals surface area contributed by atoms with E-state index in [1.807, 2.05) is 6.07 Å². The molecule has 6 heteroatoms. The highest BCUT2D eigenvalue weighted by Crippen LogP contribution is 2.23. The second-order valence-corrected chi connectivity index (χ2v) is 4.36. The van der Waals surface area contributed by atoms with Gasteiger partial charge in [0.05, 0.1) is 11.3 Å². The Hall–Kier alpha value is -1.95. The summed E-state index contributed by atoms with van der Waals surface area (Å²) in [5.74, 6) is 0.655. The number of aromatic carboxylic acids is 1. The molecule has 0 amide bonds. The van der Waals surface area contributed by atoms with E-state index < -0.39 is 5.97 Å². The number of hydrogen-bond donors (Lipinski definition) is 2. The van der Waals surface area contributed by atoms with Crippen molar-refractivity contribution in [2.45, 2.75) is 10.6 Å². The molecule has 0 spiro atoms. The van der Waals surface area contributed by atoms with Crippen molar-refractivity contribution < 1.29 is 14.3 Å². The van der Waals surface area contributed by atoms with Gasteiger partial charge >= 0.3 is 5.97 Å². The molecule has 2 heterocycles. The van der Waals surface area contributed by atoms with Gasteiger partial charge in [0.25, 0.3) is 0 Å². The highest BCUT2D eigenvalue weighted by atomic mass is 32.2. The van der Waals surface area contributed by atoms with E-state index in [9.17, 15) is 4.79 Å². The van der Waals surface area contributed by atoms with Gasteiger partial charge in [0.15, 0.2) is 0 Å². The number of rotatable bonds is 4. The van der Waals surface area contributed by atoms with Gasteiger partial charge in [0.1, 0.15) is 17.8 Å². The van der Waals surface area contributed by atoms with Crippen LogP contribution in [0, 0.1) is 0 Å². The minimum Gasteiger partial charge on any atom is -0.478 e. The summed E-state index contributed by atoms with van der Waals surface area (Å²) in [6.07, 6.45) is 2.90. The number of thioether (sulfide) groups is 1. The van der Waals surface area contributed by atoms with Crippen LogP contribution in [0.3, 0.4) is 0 Å². The Morgan fingerprint density at radius 2 is 2.35 bits per heavy atom. The lowest BCUT2D eigenvalue weighted by molar-refractivity contribution is 0.0696. The molecular weight excluding hydrogens is 240 g/mol. The topological polar surface area (TPSA) is 89.4 Å². The molecule has 0 fully saturated rings. The van der Waals surface area contributed by atoms with Gasteiger partial charge in [-0.25, -0.2) is 9.78 Å². The van der Waals surface area contributed by atoms with E-state index >= 15 is 0 Å². The van der Waals surface area contributed by atoms with E-state index in [0.29, 0.717) is 17.3 Å². The third-order valence-electron chi connectivity index (χ3n) is 2.04. The summed E-state index contributed by atoms with van der Waals surface area (Å²) in [5, 5.41) is 8.72. The molecule has 0 aromatic carbocycles. The SMILES string of the molecule is Nc1ccc(SCc2cc(C(=O)O)co2)cn1. The zero-order valence-electron chi connectivity index (χ0n) is 8.79. The van der Waals surface area contributed by atoms with Crippen molar-refractivity contribution in [3.63, 3.8) is 0 Å². The van der Waals surface area contributed by atoms with Crippen LogP contribution in [0.5, 0.6) is 0 Å². The number of furan rings is 1. The molecular formula is C11H10N2O3S. The number of aromatic nitrogens is 1. The molecule has 17 heavy (non-hydrogen) atoms. The Kier molecular flexibility index (Phi) is 3.34. The van der Waals surface area contributed by atoms with E-state index in [0.717, 1.165) is 4.90 Å². The van der Waals surface area contributed by atoms with Crippen molar-refractivity contribution in [3.05, 3.63) is 42.0 Å². The van der Waals surface area contributed by atoms with E-state index in [2.05, 4.69) is 4.98 Å². The van der Waals surface area contributed by atoms with Gasteiger partial charge in [-0.3, -0.25) is 0 Å². The quantitative estimate of drug-likeness (QED) is 0.809. The van der Waals surface area contributed by atoms with Gasteiger partial charge < -0.3 is 15.3 Å². The fraction of sp³-hybridized carbons (Fsp3) is 0.0909. The number of nitrogen functional groups attached to an aromatic ring is 1. The first-order valence-corrected chi connectivity index (χ1v) is 5.79. The van der Waals surface area contributed by atoms with Crippen LogP contribution < -0.4 is 5.73 Å². The average Bonchev–Trinajstić information content (AvgIpc) is 2.77. The molecule has 5 nitrogen and oxygen atoms in total. The van der Waals surface area contributed by atoms with E-state index in [1.165, 1.54) is 24.1 Å². The normalized spacial score (nSPS) is 10.4. The molecule has 0 aliphatic heterocycles. The van der Waals surface area contributed by atoms with Crippen molar-refractivity contribution in [2.75, 3.05) is 5.73 Å². The summed E-state index contributed by atoms with van der Waals surface area (Å²) >= 11 is 1.50. The summed E-state index contributed by atoms with van der Waals surface area (Å²) in [4.78, 5) is 15.5. The Bertz CT molecular complexity index is 522. The molecule has 2 aromatic rings.